The highest BCUT2D eigenvalue weighted by molar-refractivity contribution is 5.40. The predicted octanol–water partition coefficient (Wildman–Crippen LogP) is 1.70. The summed E-state index contributed by atoms with van der Waals surface area (Å²) in [4.78, 5) is 4.10. The molecule has 0 aliphatic carbocycles. The summed E-state index contributed by atoms with van der Waals surface area (Å²) in [7, 11) is 0. The molecule has 0 atom stereocenters. The summed E-state index contributed by atoms with van der Waals surface area (Å²) in [6, 6.07) is 5.69. The van der Waals surface area contributed by atoms with E-state index in [1.807, 2.05) is 32.0 Å². The van der Waals surface area contributed by atoms with Crippen molar-refractivity contribution in [2.45, 2.75) is 13.8 Å². The van der Waals surface area contributed by atoms with E-state index in [2.05, 4.69) is 10.3 Å². The van der Waals surface area contributed by atoms with Crippen LogP contribution >= 0.6 is 0 Å². The SMILES string of the molecule is C/C(N)=C(/C)Nc1ccccn1. The highest BCUT2D eigenvalue weighted by Crippen LogP contribution is 2.05. The van der Waals surface area contributed by atoms with E-state index < -0.39 is 0 Å². The van der Waals surface area contributed by atoms with Gasteiger partial charge in [-0.2, -0.15) is 0 Å². The number of nitrogens with two attached hydrogens (primary N) is 1. The molecule has 3 nitrogen and oxygen atoms in total. The van der Waals surface area contributed by atoms with E-state index in [9.17, 15) is 0 Å². The number of allylic oxidation sites excluding steroid dienone is 2. The van der Waals surface area contributed by atoms with E-state index in [-0.39, 0.29) is 0 Å². The lowest BCUT2D eigenvalue weighted by molar-refractivity contribution is 1.17. The minimum Gasteiger partial charge on any atom is -0.401 e. The third kappa shape index (κ3) is 2.27. The van der Waals surface area contributed by atoms with Crippen LogP contribution in [-0.2, 0) is 0 Å². The highest BCUT2D eigenvalue weighted by Gasteiger charge is 1.93. The molecular formula is C9H13N3. The first-order valence-electron chi connectivity index (χ1n) is 3.81. The van der Waals surface area contributed by atoms with Gasteiger partial charge in [-0.05, 0) is 26.0 Å². The van der Waals surface area contributed by atoms with Crippen molar-refractivity contribution in [3.05, 3.63) is 35.8 Å². The molecule has 12 heavy (non-hydrogen) atoms. The lowest BCUT2D eigenvalue weighted by atomic mass is 10.3. The van der Waals surface area contributed by atoms with E-state index in [1.165, 1.54) is 0 Å². The Morgan fingerprint density at radius 1 is 1.42 bits per heavy atom. The molecule has 0 fully saturated rings. The molecule has 1 heterocycles. The van der Waals surface area contributed by atoms with Gasteiger partial charge in [0.2, 0.25) is 0 Å². The van der Waals surface area contributed by atoms with Crippen LogP contribution in [0.25, 0.3) is 0 Å². The molecule has 0 spiro atoms. The van der Waals surface area contributed by atoms with Crippen LogP contribution in [0.1, 0.15) is 13.8 Å². The van der Waals surface area contributed by atoms with Crippen molar-refractivity contribution in [2.24, 2.45) is 5.73 Å². The van der Waals surface area contributed by atoms with Crippen LogP contribution in [-0.4, -0.2) is 4.98 Å². The monoisotopic (exact) mass is 163 g/mol. The molecule has 0 unspecified atom stereocenters. The molecule has 0 amide bonds. The molecule has 3 heteroatoms. The molecule has 1 aromatic heterocycles. The number of aromatic nitrogens is 1. The van der Waals surface area contributed by atoms with Crippen molar-refractivity contribution >= 4 is 5.82 Å². The van der Waals surface area contributed by atoms with Gasteiger partial charge < -0.3 is 11.1 Å². The molecule has 0 aromatic carbocycles. The summed E-state index contributed by atoms with van der Waals surface area (Å²) in [5.74, 6) is 0.819. The Hall–Kier alpha value is -1.51. The van der Waals surface area contributed by atoms with Gasteiger partial charge in [-0.1, -0.05) is 6.07 Å². The van der Waals surface area contributed by atoms with Gasteiger partial charge in [0.1, 0.15) is 5.82 Å². The molecule has 3 N–H and O–H groups in total. The van der Waals surface area contributed by atoms with Crippen LogP contribution in [0.4, 0.5) is 5.82 Å². The number of rotatable bonds is 2. The lowest BCUT2D eigenvalue weighted by Crippen LogP contribution is -2.05. The van der Waals surface area contributed by atoms with Gasteiger partial charge in [0, 0.05) is 17.6 Å². The molecule has 0 aliphatic rings. The first kappa shape index (κ1) is 8.59. The van der Waals surface area contributed by atoms with E-state index in [0.717, 1.165) is 17.2 Å². The fourth-order valence-electron chi connectivity index (χ4n) is 0.727. The molecule has 64 valence electrons. The third-order valence-corrected chi connectivity index (χ3v) is 1.57. The summed E-state index contributed by atoms with van der Waals surface area (Å²) >= 11 is 0. The highest BCUT2D eigenvalue weighted by atomic mass is 15.0. The number of hydrogen-bond donors (Lipinski definition) is 2. The van der Waals surface area contributed by atoms with Crippen LogP contribution in [0.5, 0.6) is 0 Å². The van der Waals surface area contributed by atoms with Gasteiger partial charge in [-0.3, -0.25) is 0 Å². The van der Waals surface area contributed by atoms with Crippen molar-refractivity contribution in [3.8, 4) is 0 Å². The van der Waals surface area contributed by atoms with Crippen LogP contribution in [0.3, 0.4) is 0 Å². The number of nitrogens with zero attached hydrogens (tertiary/aromatic N) is 1. The Bertz CT molecular complexity index is 273. The van der Waals surface area contributed by atoms with Gasteiger partial charge in [0.25, 0.3) is 0 Å². The zero-order valence-corrected chi connectivity index (χ0v) is 7.33. The smallest absolute Gasteiger partial charge is 0.130 e. The first-order chi connectivity index (χ1) is 5.70. The zero-order chi connectivity index (χ0) is 8.97. The first-order valence-corrected chi connectivity index (χ1v) is 3.81. The second kappa shape index (κ2) is 3.76. The maximum Gasteiger partial charge on any atom is 0.130 e. The molecule has 0 bridgehead atoms. The maximum atomic E-state index is 5.57. The summed E-state index contributed by atoms with van der Waals surface area (Å²) < 4.78 is 0. The standard InChI is InChI=1S/C9H13N3/c1-7(10)8(2)12-9-5-3-4-6-11-9/h3-6H,10H2,1-2H3,(H,11,12)/b8-7+. The van der Waals surface area contributed by atoms with Crippen molar-refractivity contribution < 1.29 is 0 Å². The summed E-state index contributed by atoms with van der Waals surface area (Å²) in [6.07, 6.45) is 1.74. The number of hydrogen-bond acceptors (Lipinski definition) is 3. The van der Waals surface area contributed by atoms with Crippen molar-refractivity contribution in [1.29, 1.82) is 0 Å². The maximum absolute atomic E-state index is 5.57. The fourth-order valence-corrected chi connectivity index (χ4v) is 0.727. The largest absolute Gasteiger partial charge is 0.401 e. The fraction of sp³-hybridized carbons (Fsp3) is 0.222. The van der Waals surface area contributed by atoms with Crippen molar-refractivity contribution in [2.75, 3.05) is 5.32 Å². The molecule has 1 aromatic rings. The van der Waals surface area contributed by atoms with E-state index >= 15 is 0 Å². The lowest BCUT2D eigenvalue weighted by Gasteiger charge is -2.06. The van der Waals surface area contributed by atoms with Crippen molar-refractivity contribution in [3.63, 3.8) is 0 Å². The minimum atomic E-state index is 0.778. The average molecular weight is 163 g/mol. The van der Waals surface area contributed by atoms with Gasteiger partial charge in [-0.15, -0.1) is 0 Å². The Morgan fingerprint density at radius 3 is 2.67 bits per heavy atom. The zero-order valence-electron chi connectivity index (χ0n) is 7.33. The van der Waals surface area contributed by atoms with Gasteiger partial charge in [0.05, 0.1) is 0 Å². The number of anilines is 1. The molecule has 0 saturated heterocycles. The number of pyridine rings is 1. The van der Waals surface area contributed by atoms with Crippen LogP contribution in [0.15, 0.2) is 35.8 Å². The average Bonchev–Trinajstić information content (AvgIpc) is 2.06. The normalized spacial score (nSPS) is 12.2. The van der Waals surface area contributed by atoms with Crippen LogP contribution in [0, 0.1) is 0 Å². The predicted molar refractivity (Wildman–Crippen MR) is 50.4 cm³/mol. The van der Waals surface area contributed by atoms with Gasteiger partial charge in [-0.25, -0.2) is 4.98 Å². The second-order valence-corrected chi connectivity index (χ2v) is 2.65. The topological polar surface area (TPSA) is 50.9 Å². The molecule has 0 radical (unpaired) electrons. The second-order valence-electron chi connectivity index (χ2n) is 2.65. The van der Waals surface area contributed by atoms with Gasteiger partial charge in [0.15, 0.2) is 0 Å². The Labute approximate surface area is 72.3 Å². The number of nitrogens with one attached hydrogen (secondary N) is 1. The Morgan fingerprint density at radius 2 is 2.17 bits per heavy atom. The molecule has 1 rings (SSSR count). The minimum absolute atomic E-state index is 0.778. The van der Waals surface area contributed by atoms with Crippen LogP contribution in [0.2, 0.25) is 0 Å². The summed E-state index contributed by atoms with van der Waals surface area (Å²) in [5.41, 5.74) is 7.29. The molecule has 0 saturated carbocycles. The summed E-state index contributed by atoms with van der Waals surface area (Å²) in [5, 5.41) is 3.08. The Kier molecular flexibility index (Phi) is 2.69. The molecule has 0 aliphatic heterocycles. The third-order valence-electron chi connectivity index (χ3n) is 1.57. The quantitative estimate of drug-likeness (QED) is 0.697. The van der Waals surface area contributed by atoms with Crippen LogP contribution < -0.4 is 11.1 Å². The summed E-state index contributed by atoms with van der Waals surface area (Å²) in [6.45, 7) is 3.77. The van der Waals surface area contributed by atoms with Crippen molar-refractivity contribution in [1.82, 2.24) is 4.98 Å². The van der Waals surface area contributed by atoms with E-state index in [0.29, 0.717) is 0 Å². The molecular weight excluding hydrogens is 150 g/mol. The Balaban J connectivity index is 2.72. The van der Waals surface area contributed by atoms with Gasteiger partial charge >= 0.3 is 0 Å². The van der Waals surface area contributed by atoms with E-state index in [1.54, 1.807) is 6.20 Å². The van der Waals surface area contributed by atoms with E-state index in [4.69, 9.17) is 5.73 Å².